The molecule has 1 heterocycles. The topological polar surface area (TPSA) is 59.0 Å². The molecule has 1 amide bonds. The average molecular weight is 508 g/mol. The molecule has 0 bridgehead atoms. The number of carbonyl (C=O) groups excluding carboxylic acids is 1. The molecule has 0 saturated carbocycles. The molecule has 2 rings (SSSR count). The molecule has 1 aromatic rings. The number of rotatable bonds is 8. The number of ether oxygens (including phenoxy) is 1. The third kappa shape index (κ3) is 6.28. The maximum atomic E-state index is 13.4. The van der Waals surface area contributed by atoms with Crippen molar-refractivity contribution in [1.29, 1.82) is 0 Å². The summed E-state index contributed by atoms with van der Waals surface area (Å²) in [6, 6.07) is 3.97. The zero-order valence-electron chi connectivity index (χ0n) is 23.0. The first kappa shape index (κ1) is 29.0. The smallest absolute Gasteiger partial charge is 0.266 e. The second-order valence-electron chi connectivity index (χ2n) is 11.9. The predicted octanol–water partition coefficient (Wildman–Crippen LogP) is 6.23. The van der Waals surface area contributed by atoms with Crippen LogP contribution in [-0.2, 0) is 14.0 Å². The summed E-state index contributed by atoms with van der Waals surface area (Å²) in [6.45, 7) is 23.8. The fourth-order valence-corrected chi connectivity index (χ4v) is 6.49. The minimum absolute atomic E-state index is 0.0186. The second-order valence-corrected chi connectivity index (χ2v) is 17.0. The summed E-state index contributed by atoms with van der Waals surface area (Å²) < 4.78 is 12.4. The number of nitrogens with zero attached hydrogens (tertiary/aromatic N) is 1. The quantitative estimate of drug-likeness (QED) is 0.334. The van der Waals surface area contributed by atoms with Crippen LogP contribution >= 0.6 is 12.2 Å². The first-order chi connectivity index (χ1) is 15.5. The second kappa shape index (κ2) is 10.8. The van der Waals surface area contributed by atoms with E-state index in [0.717, 1.165) is 16.7 Å². The van der Waals surface area contributed by atoms with E-state index in [-0.39, 0.29) is 46.5 Å². The van der Waals surface area contributed by atoms with E-state index >= 15 is 0 Å². The van der Waals surface area contributed by atoms with E-state index in [2.05, 4.69) is 80.6 Å². The first-order valence-corrected chi connectivity index (χ1v) is 15.7. The normalized spacial score (nSPS) is 19.9. The lowest BCUT2D eigenvalue weighted by atomic mass is 9.88. The van der Waals surface area contributed by atoms with Crippen LogP contribution in [0.3, 0.4) is 0 Å². The highest BCUT2D eigenvalue weighted by Gasteiger charge is 2.43. The van der Waals surface area contributed by atoms with Crippen molar-refractivity contribution in [1.82, 2.24) is 4.90 Å². The monoisotopic (exact) mass is 507 g/mol. The van der Waals surface area contributed by atoms with Gasteiger partial charge in [0.25, 0.3) is 5.17 Å². The van der Waals surface area contributed by atoms with Gasteiger partial charge < -0.3 is 14.3 Å². The highest BCUT2D eigenvalue weighted by molar-refractivity contribution is 7.80. The van der Waals surface area contributed by atoms with Crippen molar-refractivity contribution in [3.05, 3.63) is 34.4 Å². The highest BCUT2D eigenvalue weighted by Crippen LogP contribution is 2.40. The standard InChI is InChI=1S/C27H45NO4SSi/c1-16(2)25(32-34(10,11)27(7,8)9)20(6)22(29)14-23(30)28-21(15-31-26(28)33)24-18(4)12-17(3)13-19(24)5/h12-13,16,20-22,25,29H,14-15H2,1-11H3/t20-,21+,22+,25-/m0/s1. The van der Waals surface area contributed by atoms with E-state index in [1.165, 1.54) is 5.56 Å². The van der Waals surface area contributed by atoms with Gasteiger partial charge in [-0.1, -0.05) is 59.2 Å². The fraction of sp³-hybridized carbons (Fsp3) is 0.704. The molecule has 1 N–H and O–H groups in total. The van der Waals surface area contributed by atoms with Gasteiger partial charge in [0, 0.05) is 5.92 Å². The Bertz CT molecular complexity index is 885. The number of aliphatic hydroxyl groups is 1. The minimum atomic E-state index is -2.04. The van der Waals surface area contributed by atoms with E-state index < -0.39 is 14.4 Å². The molecule has 1 aliphatic heterocycles. The van der Waals surface area contributed by atoms with E-state index in [9.17, 15) is 9.90 Å². The van der Waals surface area contributed by atoms with Crippen molar-refractivity contribution >= 4 is 31.6 Å². The molecule has 7 heteroatoms. The van der Waals surface area contributed by atoms with Gasteiger partial charge in [-0.3, -0.25) is 9.69 Å². The Balaban J connectivity index is 2.23. The van der Waals surface area contributed by atoms with Crippen LogP contribution in [0.2, 0.25) is 18.1 Å². The van der Waals surface area contributed by atoms with Crippen LogP contribution in [0.15, 0.2) is 12.1 Å². The summed E-state index contributed by atoms with van der Waals surface area (Å²) in [5.74, 6) is -0.187. The van der Waals surface area contributed by atoms with Gasteiger partial charge >= 0.3 is 0 Å². The third-order valence-corrected chi connectivity index (χ3v) is 12.4. The number of carbonyl (C=O) groups is 1. The Morgan fingerprint density at radius 2 is 1.74 bits per heavy atom. The van der Waals surface area contributed by atoms with Gasteiger partial charge in [0.15, 0.2) is 8.32 Å². The molecule has 1 saturated heterocycles. The van der Waals surface area contributed by atoms with Crippen LogP contribution in [-0.4, -0.2) is 48.2 Å². The van der Waals surface area contributed by atoms with Crippen LogP contribution in [0, 0.1) is 32.6 Å². The van der Waals surface area contributed by atoms with Crippen LogP contribution in [0.5, 0.6) is 0 Å². The van der Waals surface area contributed by atoms with Gasteiger partial charge in [-0.05, 0) is 73.7 Å². The number of hydrogen-bond donors (Lipinski definition) is 1. The van der Waals surface area contributed by atoms with E-state index in [1.54, 1.807) is 4.90 Å². The summed E-state index contributed by atoms with van der Waals surface area (Å²) >= 11 is 5.41. The summed E-state index contributed by atoms with van der Waals surface area (Å²) in [5, 5.41) is 11.4. The Kier molecular flexibility index (Phi) is 9.17. The van der Waals surface area contributed by atoms with Crippen LogP contribution in [0.4, 0.5) is 0 Å². The Hall–Kier alpha value is -1.28. The van der Waals surface area contributed by atoms with Gasteiger partial charge in [0.1, 0.15) is 12.6 Å². The van der Waals surface area contributed by atoms with Gasteiger partial charge in [-0.15, -0.1) is 0 Å². The maximum Gasteiger partial charge on any atom is 0.266 e. The summed E-state index contributed by atoms with van der Waals surface area (Å²) in [7, 11) is -2.04. The molecule has 192 valence electrons. The third-order valence-electron chi connectivity index (χ3n) is 7.62. The summed E-state index contributed by atoms with van der Waals surface area (Å²) in [6.07, 6.45) is -0.994. The van der Waals surface area contributed by atoms with Crippen molar-refractivity contribution in [3.63, 3.8) is 0 Å². The zero-order chi connectivity index (χ0) is 26.2. The van der Waals surface area contributed by atoms with Crippen molar-refractivity contribution < 1.29 is 19.1 Å². The molecule has 4 atom stereocenters. The van der Waals surface area contributed by atoms with Gasteiger partial charge in [-0.25, -0.2) is 0 Å². The van der Waals surface area contributed by atoms with E-state index in [4.69, 9.17) is 21.4 Å². The summed E-state index contributed by atoms with van der Waals surface area (Å²) in [5.41, 5.74) is 4.49. The number of aryl methyl sites for hydroxylation is 3. The molecule has 34 heavy (non-hydrogen) atoms. The fourth-order valence-electron chi connectivity index (χ4n) is 4.68. The number of hydrogen-bond acceptors (Lipinski definition) is 5. The Morgan fingerprint density at radius 1 is 1.21 bits per heavy atom. The summed E-state index contributed by atoms with van der Waals surface area (Å²) in [4.78, 5) is 15.0. The molecule has 0 aromatic heterocycles. The molecule has 0 spiro atoms. The first-order valence-electron chi connectivity index (χ1n) is 12.4. The van der Waals surface area contributed by atoms with Crippen molar-refractivity contribution in [2.24, 2.45) is 11.8 Å². The molecule has 0 aliphatic carbocycles. The number of aliphatic hydroxyl groups excluding tert-OH is 1. The molecule has 1 aromatic carbocycles. The molecule has 0 radical (unpaired) electrons. The molecule has 5 nitrogen and oxygen atoms in total. The van der Waals surface area contributed by atoms with E-state index in [0.29, 0.717) is 6.61 Å². The van der Waals surface area contributed by atoms with Crippen LogP contribution < -0.4 is 0 Å². The predicted molar refractivity (Wildman–Crippen MR) is 145 cm³/mol. The highest BCUT2D eigenvalue weighted by atomic mass is 32.1. The average Bonchev–Trinajstić information content (AvgIpc) is 3.04. The number of benzene rings is 1. The van der Waals surface area contributed by atoms with Crippen molar-refractivity contribution in [3.8, 4) is 0 Å². The molecule has 1 fully saturated rings. The molecule has 0 unspecified atom stereocenters. The zero-order valence-corrected chi connectivity index (χ0v) is 24.8. The van der Waals surface area contributed by atoms with Crippen molar-refractivity contribution in [2.45, 2.75) is 105 Å². The Labute approximate surface area is 213 Å². The lowest BCUT2D eigenvalue weighted by Crippen LogP contribution is -2.49. The molecular formula is C27H45NO4SSi. The van der Waals surface area contributed by atoms with Crippen LogP contribution in [0.1, 0.15) is 76.3 Å². The Morgan fingerprint density at radius 3 is 2.21 bits per heavy atom. The lowest BCUT2D eigenvalue weighted by molar-refractivity contribution is -0.132. The largest absolute Gasteiger partial charge is 0.468 e. The van der Waals surface area contributed by atoms with E-state index in [1.807, 2.05) is 6.92 Å². The minimum Gasteiger partial charge on any atom is -0.468 e. The number of amides is 1. The van der Waals surface area contributed by atoms with Gasteiger partial charge in [-0.2, -0.15) is 0 Å². The SMILES string of the molecule is Cc1cc(C)c([C@H]2COC(=S)N2C(=O)C[C@@H](O)[C@H](C)[C@@H](O[Si](C)(C)C(C)(C)C)C(C)C)c(C)c1. The maximum absolute atomic E-state index is 13.4. The van der Waals surface area contributed by atoms with Crippen molar-refractivity contribution in [2.75, 3.05) is 6.61 Å². The van der Waals surface area contributed by atoms with Crippen LogP contribution in [0.25, 0.3) is 0 Å². The number of thiocarbonyl (C=S) groups is 1. The molecule has 1 aliphatic rings. The van der Waals surface area contributed by atoms with Gasteiger partial charge in [0.05, 0.1) is 18.6 Å². The lowest BCUT2D eigenvalue weighted by Gasteiger charge is -2.43. The van der Waals surface area contributed by atoms with Gasteiger partial charge in [0.2, 0.25) is 5.91 Å². The molecular weight excluding hydrogens is 462 g/mol.